The minimum absolute atomic E-state index is 0.0965. The summed E-state index contributed by atoms with van der Waals surface area (Å²) < 4.78 is 12.8. The predicted molar refractivity (Wildman–Crippen MR) is 143 cm³/mol. The topological polar surface area (TPSA) is 86.4 Å². The number of rotatable bonds is 7. The number of para-hydroxylation sites is 1. The van der Waals surface area contributed by atoms with E-state index in [4.69, 9.17) is 14.1 Å². The van der Waals surface area contributed by atoms with E-state index >= 15 is 0 Å². The van der Waals surface area contributed by atoms with Crippen molar-refractivity contribution >= 4 is 45.4 Å². The Hall–Kier alpha value is -4.04. The fourth-order valence-electron chi connectivity index (χ4n) is 4.04. The van der Waals surface area contributed by atoms with Gasteiger partial charge in [0.15, 0.2) is 5.16 Å². The maximum absolute atomic E-state index is 13.6. The third-order valence-corrected chi connectivity index (χ3v) is 6.90. The second-order valence-corrected chi connectivity index (χ2v) is 9.51. The van der Waals surface area contributed by atoms with Crippen molar-refractivity contribution in [2.45, 2.75) is 25.5 Å². The minimum Gasteiger partial charge on any atom is -0.497 e. The minimum atomic E-state index is -0.295. The molecule has 0 spiro atoms. The number of carbonyl (C=O) groups is 1. The van der Waals surface area contributed by atoms with E-state index < -0.39 is 0 Å². The number of methoxy groups -OCH3 is 1. The average Bonchev–Trinajstić information content (AvgIpc) is 3.26. The van der Waals surface area contributed by atoms with E-state index in [-0.39, 0.29) is 29.3 Å². The number of carbonyl (C=O) groups excluding carboxylic acids is 1. The van der Waals surface area contributed by atoms with Crippen molar-refractivity contribution in [1.82, 2.24) is 9.55 Å². The van der Waals surface area contributed by atoms with Crippen molar-refractivity contribution in [3.05, 3.63) is 93.8 Å². The van der Waals surface area contributed by atoms with E-state index in [1.165, 1.54) is 11.8 Å². The van der Waals surface area contributed by atoms with Crippen LogP contribution in [0.2, 0.25) is 0 Å². The van der Waals surface area contributed by atoms with Gasteiger partial charge in [-0.2, -0.15) is 0 Å². The molecule has 8 heteroatoms. The summed E-state index contributed by atoms with van der Waals surface area (Å²) in [6.45, 7) is 4.19. The molecule has 36 heavy (non-hydrogen) atoms. The van der Waals surface area contributed by atoms with E-state index in [2.05, 4.69) is 5.32 Å². The van der Waals surface area contributed by atoms with Crippen LogP contribution in [-0.4, -0.2) is 28.3 Å². The van der Waals surface area contributed by atoms with Crippen molar-refractivity contribution in [3.8, 4) is 5.75 Å². The van der Waals surface area contributed by atoms with Gasteiger partial charge in [-0.15, -0.1) is 0 Å². The van der Waals surface area contributed by atoms with Gasteiger partial charge in [0.1, 0.15) is 16.8 Å². The molecule has 0 atom stereocenters. The zero-order valence-electron chi connectivity index (χ0n) is 20.2. The van der Waals surface area contributed by atoms with Crippen molar-refractivity contribution in [1.29, 1.82) is 0 Å². The molecule has 7 nitrogen and oxygen atoms in total. The summed E-state index contributed by atoms with van der Waals surface area (Å²) in [4.78, 5) is 31.2. The summed E-state index contributed by atoms with van der Waals surface area (Å²) in [5.41, 5.74) is 4.69. The summed E-state index contributed by atoms with van der Waals surface area (Å²) in [6.07, 6.45) is 0. The number of hydrogen-bond acceptors (Lipinski definition) is 6. The Balaban J connectivity index is 1.51. The first-order valence-electron chi connectivity index (χ1n) is 11.5. The lowest BCUT2D eigenvalue weighted by Gasteiger charge is -2.13. The summed E-state index contributed by atoms with van der Waals surface area (Å²) in [5, 5.41) is 4.18. The molecular weight excluding hydrogens is 474 g/mol. The van der Waals surface area contributed by atoms with Gasteiger partial charge in [0.2, 0.25) is 11.5 Å². The molecule has 1 N–H and O–H groups in total. The van der Waals surface area contributed by atoms with Crippen molar-refractivity contribution < 1.29 is 13.9 Å². The highest BCUT2D eigenvalue weighted by Gasteiger charge is 2.19. The van der Waals surface area contributed by atoms with Crippen LogP contribution < -0.4 is 15.6 Å². The summed E-state index contributed by atoms with van der Waals surface area (Å²) in [7, 11) is 1.60. The zero-order chi connectivity index (χ0) is 25.2. The molecule has 182 valence electrons. The van der Waals surface area contributed by atoms with E-state index in [9.17, 15) is 9.59 Å². The molecule has 0 bridgehead atoms. The number of amides is 1. The number of anilines is 1. The molecule has 2 heterocycles. The van der Waals surface area contributed by atoms with Gasteiger partial charge in [-0.1, -0.05) is 48.2 Å². The predicted octanol–water partition coefficient (Wildman–Crippen LogP) is 5.55. The first kappa shape index (κ1) is 23.7. The monoisotopic (exact) mass is 499 g/mol. The van der Waals surface area contributed by atoms with E-state index in [1.54, 1.807) is 11.7 Å². The van der Waals surface area contributed by atoms with Crippen LogP contribution in [0.4, 0.5) is 5.69 Å². The van der Waals surface area contributed by atoms with Crippen LogP contribution in [0, 0.1) is 13.8 Å². The molecule has 3 aromatic carbocycles. The second kappa shape index (κ2) is 9.91. The second-order valence-electron chi connectivity index (χ2n) is 8.57. The van der Waals surface area contributed by atoms with Gasteiger partial charge in [0.25, 0.3) is 5.56 Å². The van der Waals surface area contributed by atoms with Crippen molar-refractivity contribution in [2.75, 3.05) is 18.2 Å². The molecule has 0 fully saturated rings. The van der Waals surface area contributed by atoms with Gasteiger partial charge in [0.05, 0.1) is 19.4 Å². The van der Waals surface area contributed by atoms with E-state index in [0.29, 0.717) is 22.0 Å². The lowest BCUT2D eigenvalue weighted by molar-refractivity contribution is -0.113. The Kier molecular flexibility index (Phi) is 6.52. The number of aromatic nitrogens is 2. The van der Waals surface area contributed by atoms with Gasteiger partial charge >= 0.3 is 0 Å². The average molecular weight is 500 g/mol. The standard InChI is InChI=1S/C28H25N3O4S/c1-17-11-12-18(2)22(13-17)29-24(32)16-36-28-30-25-21-9-4-5-10-23(21)35-26(25)27(33)31(28)15-19-7-6-8-20(14-19)34-3/h4-14H,15-16H2,1-3H3,(H,29,32). The molecular formula is C28H25N3O4S. The SMILES string of the molecule is COc1cccc(Cn2c(SCC(=O)Nc3cc(C)ccc3C)nc3c(oc4ccccc43)c2=O)c1. The molecule has 0 saturated heterocycles. The molecule has 0 aliphatic carbocycles. The first-order valence-corrected chi connectivity index (χ1v) is 12.5. The van der Waals surface area contributed by atoms with Gasteiger partial charge in [-0.3, -0.25) is 14.2 Å². The molecule has 0 aliphatic rings. The highest BCUT2D eigenvalue weighted by Crippen LogP contribution is 2.28. The number of ether oxygens (including phenoxy) is 1. The number of fused-ring (bicyclic) bond motifs is 3. The number of nitrogens with zero attached hydrogens (tertiary/aromatic N) is 2. The Morgan fingerprint density at radius 1 is 1.08 bits per heavy atom. The van der Waals surface area contributed by atoms with Crippen molar-refractivity contribution in [2.24, 2.45) is 0 Å². The molecule has 1 amide bonds. The number of furan rings is 1. The van der Waals surface area contributed by atoms with Crippen LogP contribution in [0.15, 0.2) is 81.1 Å². The van der Waals surface area contributed by atoms with Gasteiger partial charge in [-0.25, -0.2) is 4.98 Å². The molecule has 5 aromatic rings. The molecule has 0 unspecified atom stereocenters. The molecule has 0 saturated carbocycles. The number of thioether (sulfide) groups is 1. The lowest BCUT2D eigenvalue weighted by atomic mass is 10.1. The van der Waals surface area contributed by atoms with Gasteiger partial charge < -0.3 is 14.5 Å². The fourth-order valence-corrected chi connectivity index (χ4v) is 4.83. The maximum Gasteiger partial charge on any atom is 0.298 e. The largest absolute Gasteiger partial charge is 0.497 e. The van der Waals surface area contributed by atoms with Crippen LogP contribution in [-0.2, 0) is 11.3 Å². The highest BCUT2D eigenvalue weighted by atomic mass is 32.2. The van der Waals surface area contributed by atoms with Crippen LogP contribution in [0.5, 0.6) is 5.75 Å². The number of hydrogen-bond donors (Lipinski definition) is 1. The number of aryl methyl sites for hydroxylation is 2. The lowest BCUT2D eigenvalue weighted by Crippen LogP contribution is -2.24. The summed E-state index contributed by atoms with van der Waals surface area (Å²) in [5.74, 6) is 0.618. The van der Waals surface area contributed by atoms with E-state index in [1.807, 2.05) is 80.6 Å². The van der Waals surface area contributed by atoms with Crippen LogP contribution in [0.25, 0.3) is 22.1 Å². The Morgan fingerprint density at radius 2 is 1.92 bits per heavy atom. The van der Waals surface area contributed by atoms with Gasteiger partial charge in [0, 0.05) is 11.1 Å². The first-order chi connectivity index (χ1) is 17.4. The van der Waals surface area contributed by atoms with Crippen LogP contribution in [0.1, 0.15) is 16.7 Å². The molecule has 0 aliphatic heterocycles. The molecule has 2 aromatic heterocycles. The summed E-state index contributed by atoms with van der Waals surface area (Å²) >= 11 is 1.22. The third-order valence-electron chi connectivity index (χ3n) is 5.92. The Labute approximate surface area is 212 Å². The van der Waals surface area contributed by atoms with Crippen LogP contribution in [0.3, 0.4) is 0 Å². The smallest absolute Gasteiger partial charge is 0.298 e. The number of benzene rings is 3. The molecule has 0 radical (unpaired) electrons. The van der Waals surface area contributed by atoms with E-state index in [0.717, 1.165) is 27.8 Å². The highest BCUT2D eigenvalue weighted by molar-refractivity contribution is 7.99. The Bertz CT molecular complexity index is 1650. The maximum atomic E-state index is 13.6. The normalized spacial score (nSPS) is 11.2. The Morgan fingerprint density at radius 3 is 2.75 bits per heavy atom. The van der Waals surface area contributed by atoms with Crippen molar-refractivity contribution in [3.63, 3.8) is 0 Å². The fraction of sp³-hybridized carbons (Fsp3) is 0.179. The van der Waals surface area contributed by atoms with Crippen LogP contribution >= 0.6 is 11.8 Å². The van der Waals surface area contributed by atoms with Gasteiger partial charge in [-0.05, 0) is 60.9 Å². The number of nitrogens with one attached hydrogen (secondary N) is 1. The zero-order valence-corrected chi connectivity index (χ0v) is 21.0. The summed E-state index contributed by atoms with van der Waals surface area (Å²) in [6, 6.07) is 20.9. The third kappa shape index (κ3) is 4.72. The molecule has 5 rings (SSSR count). The quantitative estimate of drug-likeness (QED) is 0.234.